The number of anilines is 1. The van der Waals surface area contributed by atoms with Gasteiger partial charge in [0.2, 0.25) is 0 Å². The van der Waals surface area contributed by atoms with E-state index in [1.54, 1.807) is 6.07 Å². The van der Waals surface area contributed by atoms with Gasteiger partial charge < -0.3 is 5.32 Å². The summed E-state index contributed by atoms with van der Waals surface area (Å²) in [5, 5.41) is 14.3. The van der Waals surface area contributed by atoms with Crippen molar-refractivity contribution in [2.45, 2.75) is 19.9 Å². The number of nitro groups is 1. The third kappa shape index (κ3) is 2.91. The monoisotopic (exact) mass is 256 g/mol. The molecule has 0 aliphatic carbocycles. The molecule has 1 N–H and O–H groups in total. The first-order chi connectivity index (χ1) is 9.09. The normalized spacial score (nSPS) is 11.9. The van der Waals surface area contributed by atoms with Crippen LogP contribution < -0.4 is 5.32 Å². The summed E-state index contributed by atoms with van der Waals surface area (Å²) >= 11 is 0. The predicted octanol–water partition coefficient (Wildman–Crippen LogP) is 4.08. The zero-order valence-electron chi connectivity index (χ0n) is 11.0. The fourth-order valence-corrected chi connectivity index (χ4v) is 2.03. The minimum absolute atomic E-state index is 0.0148. The van der Waals surface area contributed by atoms with Crippen LogP contribution in [0.3, 0.4) is 0 Å². The number of hydrogen-bond donors (Lipinski definition) is 1. The molecule has 1 unspecified atom stereocenters. The quantitative estimate of drug-likeness (QED) is 0.662. The molecule has 0 saturated carbocycles. The molecule has 0 aliphatic rings. The molecule has 0 aliphatic heterocycles. The Bertz CT molecular complexity index is 582. The van der Waals surface area contributed by atoms with Crippen molar-refractivity contribution >= 4 is 11.4 Å². The van der Waals surface area contributed by atoms with Crippen molar-refractivity contribution in [1.82, 2.24) is 0 Å². The molecule has 1 atom stereocenters. The fourth-order valence-electron chi connectivity index (χ4n) is 2.03. The molecule has 0 aromatic heterocycles. The number of nitrogens with zero attached hydrogens (tertiary/aromatic N) is 1. The number of nitro benzene ring substituents is 1. The molecule has 0 spiro atoms. The fraction of sp³-hybridized carbons (Fsp3) is 0.200. The second kappa shape index (κ2) is 5.52. The van der Waals surface area contributed by atoms with E-state index in [2.05, 4.69) is 5.32 Å². The van der Waals surface area contributed by atoms with Gasteiger partial charge in [0.1, 0.15) is 5.69 Å². The Morgan fingerprint density at radius 3 is 2.42 bits per heavy atom. The molecule has 4 heteroatoms. The Labute approximate surface area is 112 Å². The highest BCUT2D eigenvalue weighted by Gasteiger charge is 2.17. The van der Waals surface area contributed by atoms with Gasteiger partial charge in [-0.05, 0) is 25.0 Å². The van der Waals surface area contributed by atoms with E-state index >= 15 is 0 Å². The van der Waals surface area contributed by atoms with E-state index < -0.39 is 0 Å². The van der Waals surface area contributed by atoms with E-state index in [1.807, 2.05) is 50.2 Å². The minimum atomic E-state index is -0.354. The smallest absolute Gasteiger partial charge is 0.292 e. The van der Waals surface area contributed by atoms with Crippen LogP contribution in [-0.4, -0.2) is 4.92 Å². The lowest BCUT2D eigenvalue weighted by Gasteiger charge is -2.17. The molecule has 2 aromatic rings. The number of nitrogens with one attached hydrogen (secondary N) is 1. The molecule has 2 rings (SSSR count). The van der Waals surface area contributed by atoms with Crippen molar-refractivity contribution < 1.29 is 4.92 Å². The van der Waals surface area contributed by atoms with Crippen molar-refractivity contribution in [1.29, 1.82) is 0 Å². The maximum Gasteiger partial charge on any atom is 0.292 e. The number of benzene rings is 2. The molecule has 98 valence electrons. The molecule has 19 heavy (non-hydrogen) atoms. The molecule has 4 nitrogen and oxygen atoms in total. The summed E-state index contributed by atoms with van der Waals surface area (Å²) < 4.78 is 0. The molecule has 0 heterocycles. The lowest BCUT2D eigenvalue weighted by molar-refractivity contribution is -0.384. The summed E-state index contributed by atoms with van der Waals surface area (Å²) in [6, 6.07) is 15.0. The Hall–Kier alpha value is -2.36. The van der Waals surface area contributed by atoms with E-state index in [0.29, 0.717) is 5.69 Å². The number of para-hydroxylation sites is 1. The van der Waals surface area contributed by atoms with Gasteiger partial charge in [0.15, 0.2) is 0 Å². The van der Waals surface area contributed by atoms with Crippen LogP contribution in [-0.2, 0) is 0 Å². The van der Waals surface area contributed by atoms with Gasteiger partial charge >= 0.3 is 0 Å². The Morgan fingerprint density at radius 2 is 1.79 bits per heavy atom. The van der Waals surface area contributed by atoms with Crippen LogP contribution in [0.5, 0.6) is 0 Å². The largest absolute Gasteiger partial charge is 0.373 e. The highest BCUT2D eigenvalue weighted by molar-refractivity contribution is 5.66. The van der Waals surface area contributed by atoms with Gasteiger partial charge in [0.05, 0.1) is 4.92 Å². The van der Waals surface area contributed by atoms with Crippen LogP contribution in [0.4, 0.5) is 11.4 Å². The average Bonchev–Trinajstić information content (AvgIpc) is 2.41. The summed E-state index contributed by atoms with van der Waals surface area (Å²) in [5.74, 6) is 0. The van der Waals surface area contributed by atoms with Crippen molar-refractivity contribution in [2.75, 3.05) is 5.32 Å². The Balaban J connectivity index is 2.31. The van der Waals surface area contributed by atoms with E-state index in [-0.39, 0.29) is 16.7 Å². The van der Waals surface area contributed by atoms with Gasteiger partial charge in [-0.25, -0.2) is 0 Å². The van der Waals surface area contributed by atoms with Gasteiger partial charge in [0, 0.05) is 12.1 Å². The van der Waals surface area contributed by atoms with Gasteiger partial charge in [-0.1, -0.05) is 42.5 Å². The number of hydrogen-bond acceptors (Lipinski definition) is 3. The Kier molecular flexibility index (Phi) is 3.80. The van der Waals surface area contributed by atoms with Crippen LogP contribution in [0.1, 0.15) is 24.1 Å². The summed E-state index contributed by atoms with van der Waals surface area (Å²) in [7, 11) is 0. The van der Waals surface area contributed by atoms with Crippen LogP contribution in [0.2, 0.25) is 0 Å². The minimum Gasteiger partial charge on any atom is -0.373 e. The second-order valence-electron chi connectivity index (χ2n) is 4.50. The Morgan fingerprint density at radius 1 is 1.11 bits per heavy atom. The van der Waals surface area contributed by atoms with Crippen LogP contribution in [0.15, 0.2) is 48.5 Å². The van der Waals surface area contributed by atoms with E-state index in [9.17, 15) is 10.1 Å². The lowest BCUT2D eigenvalue weighted by Crippen LogP contribution is -2.09. The van der Waals surface area contributed by atoms with Gasteiger partial charge in [-0.2, -0.15) is 0 Å². The van der Waals surface area contributed by atoms with E-state index in [0.717, 1.165) is 11.1 Å². The zero-order valence-corrected chi connectivity index (χ0v) is 11.0. The van der Waals surface area contributed by atoms with Gasteiger partial charge in [-0.15, -0.1) is 0 Å². The SMILES string of the molecule is Cc1cccc([N+](=O)[O-])c1NC(C)c1ccccc1. The topological polar surface area (TPSA) is 55.2 Å². The molecular formula is C15H16N2O2. The molecular weight excluding hydrogens is 240 g/mol. The van der Waals surface area contributed by atoms with Gasteiger partial charge in [-0.3, -0.25) is 10.1 Å². The molecule has 0 fully saturated rings. The zero-order chi connectivity index (χ0) is 13.8. The molecule has 2 aromatic carbocycles. The standard InChI is InChI=1S/C15H16N2O2/c1-11-7-6-10-14(17(18)19)15(11)16-12(2)13-8-4-3-5-9-13/h3-10,12,16H,1-2H3. The summed E-state index contributed by atoms with van der Waals surface area (Å²) in [4.78, 5) is 10.7. The number of rotatable bonds is 4. The highest BCUT2D eigenvalue weighted by atomic mass is 16.6. The molecule has 0 bridgehead atoms. The van der Waals surface area contributed by atoms with Crippen LogP contribution in [0, 0.1) is 17.0 Å². The molecule has 0 amide bonds. The van der Waals surface area contributed by atoms with Crippen LogP contribution >= 0.6 is 0 Å². The first-order valence-electron chi connectivity index (χ1n) is 6.15. The van der Waals surface area contributed by atoms with Crippen molar-refractivity contribution in [3.63, 3.8) is 0 Å². The summed E-state index contributed by atoms with van der Waals surface area (Å²) in [5.41, 5.74) is 2.67. The van der Waals surface area contributed by atoms with Crippen molar-refractivity contribution in [2.24, 2.45) is 0 Å². The highest BCUT2D eigenvalue weighted by Crippen LogP contribution is 2.30. The van der Waals surface area contributed by atoms with Crippen molar-refractivity contribution in [3.05, 3.63) is 69.8 Å². The second-order valence-corrected chi connectivity index (χ2v) is 4.50. The lowest BCUT2D eigenvalue weighted by atomic mass is 10.1. The third-order valence-corrected chi connectivity index (χ3v) is 3.11. The first kappa shape index (κ1) is 13.1. The first-order valence-corrected chi connectivity index (χ1v) is 6.15. The maximum absolute atomic E-state index is 11.1. The van der Waals surface area contributed by atoms with Crippen LogP contribution in [0.25, 0.3) is 0 Å². The van der Waals surface area contributed by atoms with Gasteiger partial charge in [0.25, 0.3) is 5.69 Å². The van der Waals surface area contributed by atoms with E-state index in [4.69, 9.17) is 0 Å². The summed E-state index contributed by atoms with van der Waals surface area (Å²) in [6.07, 6.45) is 0. The third-order valence-electron chi connectivity index (χ3n) is 3.11. The molecule has 0 radical (unpaired) electrons. The van der Waals surface area contributed by atoms with Crippen molar-refractivity contribution in [3.8, 4) is 0 Å². The summed E-state index contributed by atoms with van der Waals surface area (Å²) in [6.45, 7) is 3.86. The maximum atomic E-state index is 11.1. The average molecular weight is 256 g/mol. The molecule has 0 saturated heterocycles. The number of aryl methyl sites for hydroxylation is 1. The van der Waals surface area contributed by atoms with E-state index in [1.165, 1.54) is 6.07 Å². The predicted molar refractivity (Wildman–Crippen MR) is 76.3 cm³/mol.